The maximum Gasteiger partial charge on any atom is 0.164 e. The third-order valence-corrected chi connectivity index (χ3v) is 9.34. The molecule has 0 radical (unpaired) electrons. The molecule has 0 amide bonds. The predicted octanol–water partition coefficient (Wildman–Crippen LogP) is 11.3. The van der Waals surface area contributed by atoms with Crippen molar-refractivity contribution < 1.29 is 4.42 Å². The Morgan fingerprint density at radius 1 is 0.408 bits per heavy atom. The number of nitrogens with zero attached hydrogens (tertiary/aromatic N) is 4. The van der Waals surface area contributed by atoms with E-state index in [1.807, 2.05) is 72.9 Å². The van der Waals surface area contributed by atoms with E-state index in [-0.39, 0.29) is 0 Å². The average Bonchev–Trinajstić information content (AvgIpc) is 3.55. The summed E-state index contributed by atoms with van der Waals surface area (Å²) in [5.74, 6) is 1.81. The molecule has 0 bridgehead atoms. The van der Waals surface area contributed by atoms with Gasteiger partial charge in [-0.25, -0.2) is 15.0 Å². The molecule has 228 valence electrons. The van der Waals surface area contributed by atoms with Gasteiger partial charge in [-0.2, -0.15) is 0 Å². The zero-order valence-corrected chi connectivity index (χ0v) is 26.2. The first-order chi connectivity index (χ1) is 24.3. The molecule has 3 aromatic heterocycles. The molecule has 0 atom stereocenters. The first kappa shape index (κ1) is 27.4. The summed E-state index contributed by atoms with van der Waals surface area (Å²) in [6, 6.07) is 52.2. The Bertz CT molecular complexity index is 2820. The fraction of sp³-hybridized carbons (Fsp3) is 0. The number of pyridine rings is 1. The van der Waals surface area contributed by atoms with Gasteiger partial charge in [0, 0.05) is 44.6 Å². The highest BCUT2D eigenvalue weighted by atomic mass is 16.3. The van der Waals surface area contributed by atoms with E-state index >= 15 is 0 Å². The van der Waals surface area contributed by atoms with Gasteiger partial charge in [0.05, 0.1) is 5.52 Å². The largest absolute Gasteiger partial charge is 0.455 e. The fourth-order valence-corrected chi connectivity index (χ4v) is 6.97. The second kappa shape index (κ2) is 10.9. The van der Waals surface area contributed by atoms with E-state index in [9.17, 15) is 0 Å². The van der Waals surface area contributed by atoms with Crippen LogP contribution in [0.1, 0.15) is 0 Å². The maximum absolute atomic E-state index is 6.82. The van der Waals surface area contributed by atoms with E-state index in [2.05, 4.69) is 89.9 Å². The van der Waals surface area contributed by atoms with Gasteiger partial charge in [0.15, 0.2) is 17.5 Å². The standard InChI is InChI=1S/C44H26N4O/c1-3-11-28(12-4-1)42-46-43(29-13-5-2-6-14-29)48-44(47-42)36-22-21-35(31-19-20-34-30(24-31)18-17-27-10-7-8-16-33(27)34)41-40(36)37-26-38-32(15-9-23-45-38)25-39(37)49-41/h1-26H. The predicted molar refractivity (Wildman–Crippen MR) is 199 cm³/mol. The minimum atomic E-state index is 0.582. The van der Waals surface area contributed by atoms with Gasteiger partial charge in [0.1, 0.15) is 11.2 Å². The van der Waals surface area contributed by atoms with Crippen LogP contribution in [0.15, 0.2) is 162 Å². The van der Waals surface area contributed by atoms with Crippen molar-refractivity contribution in [2.24, 2.45) is 0 Å². The molecule has 5 heteroatoms. The van der Waals surface area contributed by atoms with Crippen molar-refractivity contribution in [2.45, 2.75) is 0 Å². The van der Waals surface area contributed by atoms with E-state index in [1.165, 1.54) is 21.5 Å². The average molecular weight is 627 g/mol. The zero-order chi connectivity index (χ0) is 32.3. The lowest BCUT2D eigenvalue weighted by molar-refractivity contribution is 0.670. The van der Waals surface area contributed by atoms with Crippen LogP contribution in [0.25, 0.3) is 99.7 Å². The van der Waals surface area contributed by atoms with Crippen LogP contribution in [0.4, 0.5) is 0 Å². The molecule has 0 spiro atoms. The molecule has 0 unspecified atom stereocenters. The molecule has 0 saturated carbocycles. The maximum atomic E-state index is 6.82. The van der Waals surface area contributed by atoms with Crippen LogP contribution < -0.4 is 0 Å². The minimum Gasteiger partial charge on any atom is -0.455 e. The van der Waals surface area contributed by atoms with Gasteiger partial charge >= 0.3 is 0 Å². The molecule has 10 rings (SSSR count). The number of hydrogen-bond donors (Lipinski definition) is 0. The minimum absolute atomic E-state index is 0.582. The molecule has 10 aromatic rings. The zero-order valence-electron chi connectivity index (χ0n) is 26.2. The van der Waals surface area contributed by atoms with E-state index < -0.39 is 0 Å². The molecule has 7 aromatic carbocycles. The lowest BCUT2D eigenvalue weighted by Gasteiger charge is -2.11. The number of fused-ring (bicyclic) bond motifs is 7. The topological polar surface area (TPSA) is 64.7 Å². The highest BCUT2D eigenvalue weighted by Crippen LogP contribution is 2.43. The number of hydrogen-bond acceptors (Lipinski definition) is 5. The van der Waals surface area contributed by atoms with Crippen molar-refractivity contribution >= 4 is 54.4 Å². The Morgan fingerprint density at radius 2 is 1.06 bits per heavy atom. The molecule has 0 aliphatic carbocycles. The number of furan rings is 1. The third-order valence-electron chi connectivity index (χ3n) is 9.34. The quantitative estimate of drug-likeness (QED) is 0.182. The Morgan fingerprint density at radius 3 is 1.86 bits per heavy atom. The molecular formula is C44H26N4O. The van der Waals surface area contributed by atoms with Crippen molar-refractivity contribution in [1.82, 2.24) is 19.9 Å². The second-order valence-corrected chi connectivity index (χ2v) is 12.3. The van der Waals surface area contributed by atoms with Gasteiger partial charge in [-0.05, 0) is 63.5 Å². The van der Waals surface area contributed by atoms with Gasteiger partial charge in [-0.15, -0.1) is 0 Å². The summed E-state index contributed by atoms with van der Waals surface area (Å²) < 4.78 is 6.82. The van der Waals surface area contributed by atoms with E-state index in [0.29, 0.717) is 17.5 Å². The van der Waals surface area contributed by atoms with Crippen LogP contribution in [-0.4, -0.2) is 19.9 Å². The molecular weight excluding hydrogens is 601 g/mol. The highest BCUT2D eigenvalue weighted by Gasteiger charge is 2.21. The lowest BCUT2D eigenvalue weighted by atomic mass is 9.94. The number of rotatable bonds is 4. The summed E-state index contributed by atoms with van der Waals surface area (Å²) in [6.07, 6.45) is 1.83. The molecule has 3 heterocycles. The summed E-state index contributed by atoms with van der Waals surface area (Å²) in [7, 11) is 0. The first-order valence-electron chi connectivity index (χ1n) is 16.3. The van der Waals surface area contributed by atoms with Crippen molar-refractivity contribution in [1.29, 1.82) is 0 Å². The van der Waals surface area contributed by atoms with Crippen molar-refractivity contribution in [3.05, 3.63) is 158 Å². The molecule has 0 aliphatic heterocycles. The summed E-state index contributed by atoms with van der Waals surface area (Å²) in [5, 5.41) is 7.81. The van der Waals surface area contributed by atoms with Crippen LogP contribution in [-0.2, 0) is 0 Å². The normalized spacial score (nSPS) is 11.7. The Labute approximate surface area is 281 Å². The van der Waals surface area contributed by atoms with Gasteiger partial charge in [0.2, 0.25) is 0 Å². The summed E-state index contributed by atoms with van der Waals surface area (Å²) in [6.45, 7) is 0. The Kier molecular flexibility index (Phi) is 6.11. The van der Waals surface area contributed by atoms with Crippen LogP contribution in [0, 0.1) is 0 Å². The number of benzene rings is 7. The van der Waals surface area contributed by atoms with Gasteiger partial charge < -0.3 is 4.42 Å². The molecule has 0 aliphatic rings. The van der Waals surface area contributed by atoms with Crippen molar-refractivity contribution in [3.63, 3.8) is 0 Å². The number of aromatic nitrogens is 4. The molecule has 0 N–H and O–H groups in total. The van der Waals surface area contributed by atoms with Crippen LogP contribution in [0.3, 0.4) is 0 Å². The molecule has 0 saturated heterocycles. The van der Waals surface area contributed by atoms with Crippen LogP contribution >= 0.6 is 0 Å². The van der Waals surface area contributed by atoms with Gasteiger partial charge in [-0.1, -0.05) is 115 Å². The molecule has 5 nitrogen and oxygen atoms in total. The fourth-order valence-electron chi connectivity index (χ4n) is 6.97. The monoisotopic (exact) mass is 626 g/mol. The molecule has 0 fully saturated rings. The van der Waals surface area contributed by atoms with Crippen LogP contribution in [0.5, 0.6) is 0 Å². The second-order valence-electron chi connectivity index (χ2n) is 12.3. The first-order valence-corrected chi connectivity index (χ1v) is 16.3. The summed E-state index contributed by atoms with van der Waals surface area (Å²) >= 11 is 0. The van der Waals surface area contributed by atoms with E-state index in [4.69, 9.17) is 19.4 Å². The van der Waals surface area contributed by atoms with Gasteiger partial charge in [-0.3, -0.25) is 4.98 Å². The van der Waals surface area contributed by atoms with Crippen molar-refractivity contribution in [2.75, 3.05) is 0 Å². The van der Waals surface area contributed by atoms with Gasteiger partial charge in [0.25, 0.3) is 0 Å². The van der Waals surface area contributed by atoms with Crippen LogP contribution in [0.2, 0.25) is 0 Å². The SMILES string of the molecule is c1ccc(-c2nc(-c3ccccc3)nc(-c3ccc(-c4ccc5c(ccc6ccccc65)c4)c4oc5cc6cccnc6cc5c34)n2)cc1. The summed E-state index contributed by atoms with van der Waals surface area (Å²) in [5.41, 5.74) is 7.27. The summed E-state index contributed by atoms with van der Waals surface area (Å²) in [4.78, 5) is 19.8. The Balaban J connectivity index is 1.26. The van der Waals surface area contributed by atoms with E-state index in [1.54, 1.807) is 0 Å². The van der Waals surface area contributed by atoms with E-state index in [0.717, 1.165) is 60.7 Å². The highest BCUT2D eigenvalue weighted by molar-refractivity contribution is 6.18. The third kappa shape index (κ3) is 4.55. The molecule has 49 heavy (non-hydrogen) atoms. The smallest absolute Gasteiger partial charge is 0.164 e. The lowest BCUT2D eigenvalue weighted by Crippen LogP contribution is -2.00. The Hall–Kier alpha value is -6.72. The van der Waals surface area contributed by atoms with Crippen molar-refractivity contribution in [3.8, 4) is 45.3 Å².